The van der Waals surface area contributed by atoms with Crippen LogP contribution < -0.4 is 0 Å². The highest BCUT2D eigenvalue weighted by molar-refractivity contribution is 6.83. The molecular weight excluding hydrogens is 491 g/mol. The second-order valence-corrected chi connectivity index (χ2v) is 19.4. The van der Waals surface area contributed by atoms with E-state index in [9.17, 15) is 22.0 Å². The van der Waals surface area contributed by atoms with Crippen LogP contribution in [0.3, 0.4) is 0 Å². The third-order valence-electron chi connectivity index (χ3n) is 7.11. The lowest BCUT2D eigenvalue weighted by atomic mass is 10.0. The van der Waals surface area contributed by atoms with Crippen LogP contribution in [0.4, 0.5) is 22.0 Å². The number of hydrogen-bond donors (Lipinski definition) is 0. The quantitative estimate of drug-likeness (QED) is 0.176. The lowest BCUT2D eigenvalue weighted by Crippen LogP contribution is -2.65. The van der Waals surface area contributed by atoms with Crippen molar-refractivity contribution in [2.45, 2.75) is 102 Å². The van der Waals surface area contributed by atoms with Gasteiger partial charge < -0.3 is 17.7 Å². The molecule has 2 fully saturated rings. The normalized spacial score (nSPS) is 26.9. The van der Waals surface area contributed by atoms with E-state index < -0.39 is 70.1 Å². The van der Waals surface area contributed by atoms with Gasteiger partial charge in [0.25, 0.3) is 0 Å². The fourth-order valence-electron chi connectivity index (χ4n) is 5.24. The van der Waals surface area contributed by atoms with E-state index in [4.69, 9.17) is 17.7 Å². The van der Waals surface area contributed by atoms with E-state index in [-0.39, 0.29) is 35.2 Å². The zero-order valence-corrected chi connectivity index (χ0v) is 23.0. The molecule has 2 aliphatic heterocycles. The Balaban J connectivity index is 2.08. The molecule has 34 heavy (non-hydrogen) atoms. The summed E-state index contributed by atoms with van der Waals surface area (Å²) in [5.41, 5.74) is -0.751. The molecule has 0 unspecified atom stereocenters. The van der Waals surface area contributed by atoms with Gasteiger partial charge in [0.1, 0.15) is 6.10 Å². The van der Waals surface area contributed by atoms with Crippen LogP contribution >= 0.6 is 0 Å². The molecule has 3 atom stereocenters. The summed E-state index contributed by atoms with van der Waals surface area (Å²) in [5, 5.41) is 0. The van der Waals surface area contributed by atoms with Crippen LogP contribution in [0.1, 0.15) is 73.5 Å². The van der Waals surface area contributed by atoms with Crippen LogP contribution in [0.25, 0.3) is 0 Å². The van der Waals surface area contributed by atoms with E-state index >= 15 is 0 Å². The van der Waals surface area contributed by atoms with Crippen molar-refractivity contribution in [3.8, 4) is 0 Å². The summed E-state index contributed by atoms with van der Waals surface area (Å²) in [6, 6.07) is 0. The molecule has 0 bridgehead atoms. The average molecular weight is 527 g/mol. The van der Waals surface area contributed by atoms with Crippen molar-refractivity contribution < 1.29 is 39.7 Å². The van der Waals surface area contributed by atoms with Crippen LogP contribution in [-0.4, -0.2) is 35.9 Å². The molecule has 194 valence electrons. The summed E-state index contributed by atoms with van der Waals surface area (Å²) in [6.07, 6.45) is -2.82. The van der Waals surface area contributed by atoms with Crippen molar-refractivity contribution in [2.75, 3.05) is 6.61 Å². The van der Waals surface area contributed by atoms with Crippen molar-refractivity contribution in [1.29, 1.82) is 0 Å². The summed E-state index contributed by atoms with van der Waals surface area (Å²) >= 11 is 0. The molecule has 0 amide bonds. The van der Waals surface area contributed by atoms with E-state index in [0.717, 1.165) is 0 Å². The minimum absolute atomic E-state index is 0.0208. The van der Waals surface area contributed by atoms with Gasteiger partial charge in [-0.25, -0.2) is 22.0 Å². The summed E-state index contributed by atoms with van der Waals surface area (Å²) in [6.45, 7) is 16.4. The van der Waals surface area contributed by atoms with E-state index in [1.807, 2.05) is 27.7 Å². The standard InChI is InChI=1S/C23H35F5O4Si2/c1-11(2)33(12(3)4)29-10-17-15(31-34(32-33,13(5)6)14(7)8)9-16(30-17)18-19(24)21(26)23(28)22(27)20(18)25/h11-17H,9-10H2,1-8H3/t15-,16-,17+/m0/s1. The molecule has 0 radical (unpaired) electrons. The lowest BCUT2D eigenvalue weighted by Gasteiger charge is -2.51. The predicted octanol–water partition coefficient (Wildman–Crippen LogP) is 7.17. The molecule has 0 saturated carbocycles. The van der Waals surface area contributed by atoms with Crippen molar-refractivity contribution in [3.63, 3.8) is 0 Å². The van der Waals surface area contributed by atoms with Gasteiger partial charge in [0.2, 0.25) is 5.82 Å². The van der Waals surface area contributed by atoms with Crippen LogP contribution in [0, 0.1) is 29.1 Å². The van der Waals surface area contributed by atoms with Gasteiger partial charge in [-0.05, 0) is 22.2 Å². The Morgan fingerprint density at radius 3 is 1.53 bits per heavy atom. The molecule has 1 aromatic rings. The fraction of sp³-hybridized carbons (Fsp3) is 0.739. The number of hydrogen-bond acceptors (Lipinski definition) is 4. The summed E-state index contributed by atoms with van der Waals surface area (Å²) in [5.74, 6) is -9.91. The fourth-order valence-corrected chi connectivity index (χ4v) is 16.5. The van der Waals surface area contributed by atoms with Crippen molar-refractivity contribution in [1.82, 2.24) is 0 Å². The number of ether oxygens (including phenoxy) is 1. The molecule has 0 spiro atoms. The van der Waals surface area contributed by atoms with Crippen LogP contribution in [0.5, 0.6) is 0 Å². The number of fused-ring (bicyclic) bond motifs is 1. The molecule has 2 heterocycles. The summed E-state index contributed by atoms with van der Waals surface area (Å²) in [4.78, 5) is 0. The third kappa shape index (κ3) is 4.41. The highest BCUT2D eigenvalue weighted by Crippen LogP contribution is 2.49. The topological polar surface area (TPSA) is 36.9 Å². The number of rotatable bonds is 5. The molecule has 0 N–H and O–H groups in total. The molecule has 0 aliphatic carbocycles. The van der Waals surface area contributed by atoms with Gasteiger partial charge >= 0.3 is 17.1 Å². The maximum Gasteiger partial charge on any atom is 0.335 e. The van der Waals surface area contributed by atoms with Gasteiger partial charge in [0.15, 0.2) is 23.3 Å². The molecule has 1 aromatic carbocycles. The van der Waals surface area contributed by atoms with Crippen LogP contribution in [-0.2, 0) is 17.7 Å². The highest BCUT2D eigenvalue weighted by Gasteiger charge is 2.60. The van der Waals surface area contributed by atoms with Gasteiger partial charge in [-0.15, -0.1) is 0 Å². The first kappa shape index (κ1) is 27.7. The first-order chi connectivity index (χ1) is 15.7. The Bertz CT molecular complexity index is 867. The summed E-state index contributed by atoms with van der Waals surface area (Å²) in [7, 11) is -5.84. The molecule has 0 aromatic heterocycles. The molecular formula is C23H35F5O4Si2. The SMILES string of the molecule is CC(C)[Si]1(C(C)C)OC[C@H]2O[C@H](c3c(F)c(F)c(F)c(F)c3F)C[C@@H]2O[Si](C(C)C)(C(C)C)O1. The van der Waals surface area contributed by atoms with Crippen molar-refractivity contribution in [2.24, 2.45) is 0 Å². The maximum atomic E-state index is 14.6. The molecule has 2 aliphatic rings. The van der Waals surface area contributed by atoms with Gasteiger partial charge in [-0.1, -0.05) is 55.4 Å². The monoisotopic (exact) mass is 526 g/mol. The van der Waals surface area contributed by atoms with Crippen LogP contribution in [0.2, 0.25) is 22.2 Å². The molecule has 3 rings (SSSR count). The van der Waals surface area contributed by atoms with E-state index in [0.29, 0.717) is 0 Å². The first-order valence-corrected chi connectivity index (χ1v) is 15.8. The average Bonchev–Trinajstić information content (AvgIpc) is 3.11. The smallest absolute Gasteiger partial charge is 0.335 e. The zero-order valence-electron chi connectivity index (χ0n) is 21.0. The Morgan fingerprint density at radius 1 is 0.647 bits per heavy atom. The van der Waals surface area contributed by atoms with Gasteiger partial charge in [0, 0.05) is 6.42 Å². The minimum atomic E-state index is -2.99. The lowest BCUT2D eigenvalue weighted by molar-refractivity contribution is -0.0400. The Morgan fingerprint density at radius 2 is 1.09 bits per heavy atom. The zero-order chi connectivity index (χ0) is 25.7. The molecule has 4 nitrogen and oxygen atoms in total. The summed E-state index contributed by atoms with van der Waals surface area (Å²) < 4.78 is 96.7. The second kappa shape index (κ2) is 9.89. The van der Waals surface area contributed by atoms with E-state index in [1.54, 1.807) is 0 Å². The number of halogens is 5. The number of benzene rings is 1. The highest BCUT2D eigenvalue weighted by atomic mass is 28.5. The van der Waals surface area contributed by atoms with Gasteiger partial charge in [0.05, 0.1) is 24.4 Å². The minimum Gasteiger partial charge on any atom is -0.414 e. The van der Waals surface area contributed by atoms with Crippen molar-refractivity contribution >= 4 is 17.1 Å². The van der Waals surface area contributed by atoms with Gasteiger partial charge in [-0.2, -0.15) is 0 Å². The first-order valence-electron chi connectivity index (χ1n) is 11.9. The van der Waals surface area contributed by atoms with Gasteiger partial charge in [-0.3, -0.25) is 0 Å². The Hall–Kier alpha value is -0.856. The van der Waals surface area contributed by atoms with Crippen molar-refractivity contribution in [3.05, 3.63) is 34.6 Å². The molecule has 11 heteroatoms. The second-order valence-electron chi connectivity index (χ2n) is 10.5. The van der Waals surface area contributed by atoms with E-state index in [1.165, 1.54) is 0 Å². The van der Waals surface area contributed by atoms with E-state index in [2.05, 4.69) is 27.7 Å². The third-order valence-corrected chi connectivity index (χ3v) is 17.4. The Kier molecular flexibility index (Phi) is 8.07. The van der Waals surface area contributed by atoms with Crippen LogP contribution in [0.15, 0.2) is 0 Å². The largest absolute Gasteiger partial charge is 0.414 e. The maximum absolute atomic E-state index is 14.6. The predicted molar refractivity (Wildman–Crippen MR) is 122 cm³/mol. The Labute approximate surface area is 200 Å². The molecule has 2 saturated heterocycles.